The first-order chi connectivity index (χ1) is 17.1. The number of rotatable bonds is 9. The summed E-state index contributed by atoms with van der Waals surface area (Å²) in [5.41, 5.74) is 5.54. The molecule has 0 bridgehead atoms. The number of alkyl halides is 1. The van der Waals surface area contributed by atoms with Crippen LogP contribution in [0.15, 0.2) is 28.6 Å². The lowest BCUT2D eigenvalue weighted by molar-refractivity contribution is -1.06. The molecule has 3 atom stereocenters. The predicted molar refractivity (Wildman–Crippen MR) is 128 cm³/mol. The summed E-state index contributed by atoms with van der Waals surface area (Å²) < 4.78 is 16.7. The lowest BCUT2D eigenvalue weighted by Crippen LogP contribution is -2.71. The Balaban J connectivity index is 1.49. The Labute approximate surface area is 213 Å². The lowest BCUT2D eigenvalue weighted by Gasteiger charge is -2.49. The second kappa shape index (κ2) is 10.5. The molecule has 0 saturated carbocycles. The fourth-order valence-corrected chi connectivity index (χ4v) is 5.66. The minimum atomic E-state index is -1.24. The van der Waals surface area contributed by atoms with Crippen LogP contribution in [0.25, 0.3) is 0 Å². The molecule has 0 spiro atoms. The molecule has 16 heteroatoms. The van der Waals surface area contributed by atoms with E-state index in [-0.39, 0.29) is 28.5 Å². The third-order valence-corrected chi connectivity index (χ3v) is 7.41. The number of hydroxylamine groups is 3. The number of halogens is 1. The maximum absolute atomic E-state index is 12.9. The molecular weight excluding hydrogens is 517 g/mol. The van der Waals surface area contributed by atoms with Gasteiger partial charge in [-0.1, -0.05) is 11.2 Å². The largest absolute Gasteiger partial charge is 0.477 e. The average molecular weight is 543 g/mol. The smallest absolute Gasteiger partial charge is 0.352 e. The van der Waals surface area contributed by atoms with Crippen molar-refractivity contribution in [2.75, 3.05) is 45.4 Å². The van der Waals surface area contributed by atoms with Crippen LogP contribution in [0, 0.1) is 0 Å². The predicted octanol–water partition coefficient (Wildman–Crippen LogP) is -0.114. The van der Waals surface area contributed by atoms with Gasteiger partial charge in [0, 0.05) is 23.7 Å². The Hall–Kier alpha value is -3.08. The molecule has 0 aromatic carbocycles. The molecule has 36 heavy (non-hydrogen) atoms. The second-order valence-corrected chi connectivity index (χ2v) is 10.4. The Kier molecular flexibility index (Phi) is 7.58. The van der Waals surface area contributed by atoms with Crippen molar-refractivity contribution in [3.63, 3.8) is 0 Å². The summed E-state index contributed by atoms with van der Waals surface area (Å²) >= 11 is 2.14. The van der Waals surface area contributed by atoms with Gasteiger partial charge in [-0.15, -0.1) is 11.8 Å². The van der Waals surface area contributed by atoms with Crippen molar-refractivity contribution < 1.29 is 38.2 Å². The molecule has 3 aliphatic heterocycles. The Bertz CT molecular complexity index is 1150. The average Bonchev–Trinajstić information content (AvgIpc) is 3.42. The number of nitrogens with two attached hydrogens (primary N) is 1. The number of carbonyl (C=O) groups excluding carboxylic acids is 2. The molecule has 194 valence electrons. The SMILES string of the molecule is C[N+]1(C)CC[C@@H](/C=C/C2=C(C(=O)O)N3C(=O)[C@@H](NC(=O)/C(=N\OCCF)c4nsc(N)n4)[C@H]3SC2)O1. The number of aromatic nitrogens is 2. The zero-order chi connectivity index (χ0) is 26.0. The normalized spacial score (nSPS) is 25.6. The van der Waals surface area contributed by atoms with Gasteiger partial charge in [-0.25, -0.2) is 9.18 Å². The van der Waals surface area contributed by atoms with Gasteiger partial charge in [0.1, 0.15) is 43.0 Å². The first-order valence-corrected chi connectivity index (χ1v) is 12.7. The van der Waals surface area contributed by atoms with E-state index in [9.17, 15) is 23.9 Å². The zero-order valence-electron chi connectivity index (χ0n) is 19.4. The first-order valence-electron chi connectivity index (χ1n) is 10.9. The van der Waals surface area contributed by atoms with Crippen LogP contribution in [0.5, 0.6) is 0 Å². The molecule has 4 N–H and O–H groups in total. The number of nitrogens with one attached hydrogen (secondary N) is 1. The van der Waals surface area contributed by atoms with Crippen molar-refractivity contribution in [1.82, 2.24) is 19.6 Å². The second-order valence-electron chi connectivity index (χ2n) is 8.55. The molecule has 2 amide bonds. The van der Waals surface area contributed by atoms with Crippen molar-refractivity contribution in [1.29, 1.82) is 0 Å². The Morgan fingerprint density at radius 1 is 1.47 bits per heavy atom. The van der Waals surface area contributed by atoms with Gasteiger partial charge in [0.25, 0.3) is 11.8 Å². The number of β-lactam (4-membered cyclic amide) rings is 1. The van der Waals surface area contributed by atoms with E-state index in [2.05, 4.69) is 19.8 Å². The minimum Gasteiger partial charge on any atom is -0.477 e. The molecule has 0 unspecified atom stereocenters. The van der Waals surface area contributed by atoms with Gasteiger partial charge in [0.15, 0.2) is 5.13 Å². The number of allylic oxidation sites excluding steroid dienone is 1. The van der Waals surface area contributed by atoms with Crippen LogP contribution in [0.1, 0.15) is 12.2 Å². The van der Waals surface area contributed by atoms with Crippen LogP contribution in [0.2, 0.25) is 0 Å². The number of carbonyl (C=O) groups is 3. The number of quaternary nitrogens is 1. The molecule has 4 rings (SSSR count). The molecular formula is C20H25FN7O6S2+. The summed E-state index contributed by atoms with van der Waals surface area (Å²) in [6.45, 7) is -0.392. The number of anilines is 1. The van der Waals surface area contributed by atoms with Crippen molar-refractivity contribution in [2.45, 2.75) is 23.9 Å². The maximum Gasteiger partial charge on any atom is 0.352 e. The number of carboxylic acids is 1. The molecule has 0 aliphatic carbocycles. The highest BCUT2D eigenvalue weighted by molar-refractivity contribution is 8.00. The van der Waals surface area contributed by atoms with E-state index in [1.807, 2.05) is 20.2 Å². The fourth-order valence-electron chi connectivity index (χ4n) is 3.91. The summed E-state index contributed by atoms with van der Waals surface area (Å²) in [6.07, 6.45) is 4.13. The van der Waals surface area contributed by atoms with E-state index < -0.39 is 42.5 Å². The van der Waals surface area contributed by atoms with E-state index in [1.165, 1.54) is 11.8 Å². The number of hydrogen-bond acceptors (Lipinski definition) is 11. The fraction of sp³-hybridized carbons (Fsp3) is 0.500. The highest BCUT2D eigenvalue weighted by Gasteiger charge is 2.54. The molecule has 1 aromatic rings. The van der Waals surface area contributed by atoms with E-state index >= 15 is 0 Å². The van der Waals surface area contributed by atoms with E-state index in [0.717, 1.165) is 29.4 Å². The number of nitrogen functional groups attached to an aromatic ring is 1. The monoisotopic (exact) mass is 542 g/mol. The van der Waals surface area contributed by atoms with Crippen LogP contribution < -0.4 is 11.1 Å². The van der Waals surface area contributed by atoms with E-state index in [4.69, 9.17) is 15.4 Å². The number of aliphatic carboxylic acids is 1. The topological polar surface area (TPSA) is 169 Å². The van der Waals surface area contributed by atoms with Gasteiger partial charge < -0.3 is 21.0 Å². The molecule has 3 aliphatic rings. The van der Waals surface area contributed by atoms with Gasteiger partial charge in [-0.3, -0.25) is 14.5 Å². The van der Waals surface area contributed by atoms with Crippen molar-refractivity contribution >= 4 is 51.9 Å². The number of oxime groups is 1. The summed E-state index contributed by atoms with van der Waals surface area (Å²) in [5, 5.41) is 15.4. The van der Waals surface area contributed by atoms with Gasteiger partial charge in [-0.2, -0.15) is 18.8 Å². The highest BCUT2D eigenvalue weighted by atomic mass is 32.2. The van der Waals surface area contributed by atoms with Crippen molar-refractivity contribution in [3.05, 3.63) is 29.2 Å². The third-order valence-electron chi connectivity index (χ3n) is 5.56. The van der Waals surface area contributed by atoms with Gasteiger partial charge in [-0.05, 0) is 11.6 Å². The minimum absolute atomic E-state index is 0.0760. The summed E-state index contributed by atoms with van der Waals surface area (Å²) in [4.78, 5) is 53.6. The number of fused-ring (bicyclic) bond motifs is 1. The first kappa shape index (κ1) is 26.0. The van der Waals surface area contributed by atoms with Crippen LogP contribution >= 0.6 is 23.3 Å². The van der Waals surface area contributed by atoms with Crippen molar-refractivity contribution in [3.8, 4) is 0 Å². The number of hydrogen-bond donors (Lipinski definition) is 3. The highest BCUT2D eigenvalue weighted by Crippen LogP contribution is 2.40. The molecule has 2 saturated heterocycles. The zero-order valence-corrected chi connectivity index (χ0v) is 21.1. The molecule has 2 fully saturated rings. The molecule has 13 nitrogen and oxygen atoms in total. The van der Waals surface area contributed by atoms with Crippen molar-refractivity contribution in [2.24, 2.45) is 5.16 Å². The van der Waals surface area contributed by atoms with E-state index in [1.54, 1.807) is 6.08 Å². The lowest BCUT2D eigenvalue weighted by atomic mass is 10.0. The quantitative estimate of drug-likeness (QED) is 0.126. The number of nitrogens with zero attached hydrogens (tertiary/aromatic N) is 5. The molecule has 1 aromatic heterocycles. The number of amides is 2. The van der Waals surface area contributed by atoms with Gasteiger partial charge in [0.05, 0.1) is 14.1 Å². The van der Waals surface area contributed by atoms with Crippen LogP contribution in [0.4, 0.5) is 9.52 Å². The van der Waals surface area contributed by atoms with E-state index in [0.29, 0.717) is 16.0 Å². The number of carboxylic acid groups (broad SMARTS) is 1. The number of thioether (sulfide) groups is 1. The van der Waals surface area contributed by atoms with Gasteiger partial charge >= 0.3 is 5.97 Å². The third kappa shape index (κ3) is 5.35. The maximum atomic E-state index is 12.9. The standard InChI is InChI=1S/C20H24FN7O6S2/c1-28(2)7-5-11(34-28)4-3-10-9-35-18-13(17(30)27(18)14(10)19(31)32)23-16(29)12(25-33-8-6-21)15-24-20(22)36-26-15/h3-4,11,13,18H,5-9H2,1-2H3,(H3-,22,23,24,26,29,31,32)/p+1/b4-3+,25-12-/t11-,13-,18-/m1/s1. The van der Waals surface area contributed by atoms with Crippen LogP contribution in [-0.4, -0.2) is 105 Å². The Morgan fingerprint density at radius 3 is 2.86 bits per heavy atom. The summed E-state index contributed by atoms with van der Waals surface area (Å²) in [5.74, 6) is -2.49. The molecule has 4 heterocycles. The summed E-state index contributed by atoms with van der Waals surface area (Å²) in [7, 11) is 3.87. The van der Waals surface area contributed by atoms with Crippen LogP contribution in [-0.2, 0) is 24.1 Å². The van der Waals surface area contributed by atoms with Crippen LogP contribution in [0.3, 0.4) is 0 Å². The Morgan fingerprint density at radius 2 is 2.25 bits per heavy atom. The summed E-state index contributed by atoms with van der Waals surface area (Å²) in [6, 6.07) is -1.01. The molecule has 0 radical (unpaired) electrons. The van der Waals surface area contributed by atoms with Gasteiger partial charge in [0.2, 0.25) is 11.5 Å².